The Labute approximate surface area is 58.2 Å². The van der Waals surface area contributed by atoms with E-state index in [0.717, 1.165) is 0 Å². The molecule has 6 heteroatoms. The second kappa shape index (κ2) is 2.79. The van der Waals surface area contributed by atoms with Crippen molar-refractivity contribution < 1.29 is 10.2 Å². The van der Waals surface area contributed by atoms with Crippen molar-refractivity contribution in [1.82, 2.24) is 10.6 Å². The van der Waals surface area contributed by atoms with E-state index in [0.29, 0.717) is 0 Å². The van der Waals surface area contributed by atoms with Crippen molar-refractivity contribution in [3.05, 3.63) is 0 Å². The predicted octanol–water partition coefficient (Wildman–Crippen LogP) is -3.61. The highest BCUT2D eigenvalue weighted by Crippen LogP contribution is 1.97. The van der Waals surface area contributed by atoms with Gasteiger partial charge in [0.05, 0.1) is 6.04 Å². The first-order valence-electron chi connectivity index (χ1n) is 3.00. The molecule has 1 aliphatic heterocycles. The lowest BCUT2D eigenvalue weighted by Crippen LogP contribution is -2.71. The number of hydrogen-bond acceptors (Lipinski definition) is 6. The van der Waals surface area contributed by atoms with Gasteiger partial charge in [-0.1, -0.05) is 0 Å². The molecule has 2 unspecified atom stereocenters. The smallest absolute Gasteiger partial charge is 0.126 e. The Morgan fingerprint density at radius 2 is 1.40 bits per heavy atom. The van der Waals surface area contributed by atoms with E-state index in [1.165, 1.54) is 0 Å². The molecule has 1 heterocycles. The van der Waals surface area contributed by atoms with Crippen molar-refractivity contribution >= 4 is 0 Å². The van der Waals surface area contributed by atoms with Gasteiger partial charge in [0.1, 0.15) is 18.7 Å². The number of aliphatic hydroxyl groups is 2. The minimum Gasteiger partial charge on any atom is -0.377 e. The van der Waals surface area contributed by atoms with Crippen LogP contribution in [0.2, 0.25) is 0 Å². The van der Waals surface area contributed by atoms with Crippen molar-refractivity contribution in [2.45, 2.75) is 24.8 Å². The molecule has 0 saturated carbocycles. The molecule has 2 atom stereocenters. The largest absolute Gasteiger partial charge is 0.377 e. The molecule has 10 heavy (non-hydrogen) atoms. The van der Waals surface area contributed by atoms with Gasteiger partial charge in [-0.05, 0) is 0 Å². The van der Waals surface area contributed by atoms with Gasteiger partial charge in [-0.3, -0.25) is 10.6 Å². The molecule has 0 aromatic carbocycles. The second-order valence-corrected chi connectivity index (χ2v) is 2.28. The van der Waals surface area contributed by atoms with Crippen LogP contribution in [-0.4, -0.2) is 35.0 Å². The van der Waals surface area contributed by atoms with Gasteiger partial charge in [-0.25, -0.2) is 0 Å². The zero-order valence-corrected chi connectivity index (χ0v) is 5.36. The van der Waals surface area contributed by atoms with E-state index in [4.69, 9.17) is 21.7 Å². The van der Waals surface area contributed by atoms with Gasteiger partial charge in [-0.2, -0.15) is 0 Å². The molecular weight excluding hydrogens is 136 g/mol. The monoisotopic (exact) mass is 148 g/mol. The van der Waals surface area contributed by atoms with E-state index in [1.807, 2.05) is 0 Å². The molecule has 0 radical (unpaired) electrons. The van der Waals surface area contributed by atoms with Crippen LogP contribution in [0.25, 0.3) is 0 Å². The molecule has 8 N–H and O–H groups in total. The van der Waals surface area contributed by atoms with Gasteiger partial charge in [0.25, 0.3) is 0 Å². The summed E-state index contributed by atoms with van der Waals surface area (Å²) in [4.78, 5) is 0. The summed E-state index contributed by atoms with van der Waals surface area (Å²) in [6, 6.07) is -0.736. The average molecular weight is 148 g/mol. The van der Waals surface area contributed by atoms with Crippen molar-refractivity contribution in [3.8, 4) is 0 Å². The molecule has 0 aliphatic carbocycles. The van der Waals surface area contributed by atoms with Crippen molar-refractivity contribution in [3.63, 3.8) is 0 Å². The van der Waals surface area contributed by atoms with E-state index in [9.17, 15) is 0 Å². The summed E-state index contributed by atoms with van der Waals surface area (Å²) in [5, 5.41) is 23.0. The molecule has 1 saturated heterocycles. The number of nitrogens with one attached hydrogen (secondary N) is 2. The van der Waals surface area contributed by atoms with Crippen molar-refractivity contribution in [2.75, 3.05) is 0 Å². The third kappa shape index (κ3) is 1.43. The van der Waals surface area contributed by atoms with Gasteiger partial charge < -0.3 is 21.7 Å². The zero-order valence-electron chi connectivity index (χ0n) is 5.36. The van der Waals surface area contributed by atoms with Gasteiger partial charge in [0, 0.05) is 0 Å². The summed E-state index contributed by atoms with van der Waals surface area (Å²) in [5.74, 6) is 0. The Kier molecular flexibility index (Phi) is 2.19. The lowest BCUT2D eigenvalue weighted by atomic mass is 10.2. The number of rotatable bonds is 0. The first kappa shape index (κ1) is 7.86. The maximum atomic E-state index is 9.00. The van der Waals surface area contributed by atoms with Crippen LogP contribution in [0.5, 0.6) is 0 Å². The third-order valence-corrected chi connectivity index (χ3v) is 1.43. The molecule has 0 aromatic rings. The maximum absolute atomic E-state index is 9.00. The summed E-state index contributed by atoms with van der Waals surface area (Å²) < 4.78 is 0. The highest BCUT2D eigenvalue weighted by atomic mass is 16.3. The van der Waals surface area contributed by atoms with Gasteiger partial charge in [0.2, 0.25) is 0 Å². The van der Waals surface area contributed by atoms with Crippen LogP contribution in [0.3, 0.4) is 0 Å². The Balaban J connectivity index is 2.49. The first-order chi connectivity index (χ1) is 4.61. The van der Waals surface area contributed by atoms with Crippen LogP contribution in [0.4, 0.5) is 0 Å². The molecule has 0 spiro atoms. The van der Waals surface area contributed by atoms with Gasteiger partial charge in [-0.15, -0.1) is 0 Å². The number of aliphatic hydroxyl groups excluding tert-OH is 2. The van der Waals surface area contributed by atoms with E-state index >= 15 is 0 Å². The summed E-state index contributed by atoms with van der Waals surface area (Å²) in [6.07, 6.45) is -2.51. The van der Waals surface area contributed by atoms with Crippen molar-refractivity contribution in [2.24, 2.45) is 11.5 Å². The minimum absolute atomic E-state index is 0.607. The number of hydrogen-bond donors (Lipinski definition) is 6. The molecular formula is C4H12N4O2. The Hall–Kier alpha value is -0.240. The van der Waals surface area contributed by atoms with Gasteiger partial charge >= 0.3 is 0 Å². The third-order valence-electron chi connectivity index (χ3n) is 1.43. The van der Waals surface area contributed by atoms with E-state index in [-0.39, 0.29) is 0 Å². The molecule has 60 valence electrons. The van der Waals surface area contributed by atoms with Crippen LogP contribution in [-0.2, 0) is 0 Å². The molecule has 0 amide bonds. The van der Waals surface area contributed by atoms with E-state index < -0.39 is 24.8 Å². The fourth-order valence-corrected chi connectivity index (χ4v) is 0.811. The molecule has 1 fully saturated rings. The molecule has 0 bridgehead atoms. The fraction of sp³-hybridized carbons (Fsp3) is 1.00. The molecule has 6 nitrogen and oxygen atoms in total. The standard InChI is InChI=1S/C4H12N4O2/c5-1-2(9)7-4(6)8-3(1)10/h1-4,7-10H,5-6H2. The zero-order chi connectivity index (χ0) is 7.72. The first-order valence-corrected chi connectivity index (χ1v) is 3.00. The second-order valence-electron chi connectivity index (χ2n) is 2.28. The van der Waals surface area contributed by atoms with Crippen LogP contribution >= 0.6 is 0 Å². The van der Waals surface area contributed by atoms with Crippen LogP contribution in [0.1, 0.15) is 0 Å². The lowest BCUT2D eigenvalue weighted by Gasteiger charge is -2.35. The topological polar surface area (TPSA) is 117 Å². The Bertz CT molecular complexity index is 110. The number of nitrogens with two attached hydrogens (primary N) is 2. The SMILES string of the molecule is NC1NC(O)C(N)C(O)N1. The molecule has 1 aliphatic rings. The summed E-state index contributed by atoms with van der Waals surface area (Å²) >= 11 is 0. The van der Waals surface area contributed by atoms with Crippen LogP contribution in [0, 0.1) is 0 Å². The Morgan fingerprint density at radius 1 is 1.00 bits per heavy atom. The maximum Gasteiger partial charge on any atom is 0.126 e. The summed E-state index contributed by atoms with van der Waals surface area (Å²) in [5.41, 5.74) is 10.6. The minimum atomic E-state index is -0.953. The lowest BCUT2D eigenvalue weighted by molar-refractivity contribution is -0.0328. The van der Waals surface area contributed by atoms with E-state index in [2.05, 4.69) is 10.6 Å². The molecule has 1 rings (SSSR count). The van der Waals surface area contributed by atoms with Crippen LogP contribution < -0.4 is 22.1 Å². The molecule has 0 aromatic heterocycles. The highest BCUT2D eigenvalue weighted by molar-refractivity contribution is 4.83. The van der Waals surface area contributed by atoms with Gasteiger partial charge in [0.15, 0.2) is 0 Å². The fourth-order valence-electron chi connectivity index (χ4n) is 0.811. The summed E-state index contributed by atoms with van der Waals surface area (Å²) in [6.45, 7) is 0. The van der Waals surface area contributed by atoms with E-state index in [1.54, 1.807) is 0 Å². The highest BCUT2D eigenvalue weighted by Gasteiger charge is 2.30. The van der Waals surface area contributed by atoms with Crippen LogP contribution in [0.15, 0.2) is 0 Å². The normalized spacial score (nSPS) is 49.2. The average Bonchev–Trinajstić information content (AvgIpc) is 1.82. The quantitative estimate of drug-likeness (QED) is 0.211. The van der Waals surface area contributed by atoms with Crippen molar-refractivity contribution in [1.29, 1.82) is 0 Å². The Morgan fingerprint density at radius 3 is 1.80 bits per heavy atom. The predicted molar refractivity (Wildman–Crippen MR) is 34.2 cm³/mol. The summed E-state index contributed by atoms with van der Waals surface area (Å²) in [7, 11) is 0.